The van der Waals surface area contributed by atoms with E-state index in [1.54, 1.807) is 37.4 Å². The molecular weight excluding hydrogens is 386 g/mol. The van der Waals surface area contributed by atoms with Crippen LogP contribution in [-0.4, -0.2) is 22.0 Å². The smallest absolute Gasteiger partial charge is 0.265 e. The van der Waals surface area contributed by atoms with Gasteiger partial charge in [-0.15, -0.1) is 0 Å². The molecular formula is C23H18ClN3O2. The fraction of sp³-hybridized carbons (Fsp3) is 0.0870. The molecule has 144 valence electrons. The maximum absolute atomic E-state index is 12.4. The number of nitrogens with zero attached hydrogens (tertiary/aromatic N) is 2. The minimum absolute atomic E-state index is 0.275. The predicted molar refractivity (Wildman–Crippen MR) is 115 cm³/mol. The van der Waals surface area contributed by atoms with E-state index in [9.17, 15) is 4.79 Å². The second kappa shape index (κ2) is 8.29. The fourth-order valence-electron chi connectivity index (χ4n) is 2.86. The molecule has 4 aromatic rings. The molecule has 0 aliphatic rings. The molecule has 0 fully saturated rings. The van der Waals surface area contributed by atoms with E-state index in [2.05, 4.69) is 15.3 Å². The number of amides is 1. The van der Waals surface area contributed by atoms with E-state index in [1.807, 2.05) is 48.5 Å². The lowest BCUT2D eigenvalue weighted by Gasteiger charge is -2.15. The monoisotopic (exact) mass is 403 g/mol. The number of fused-ring (bicyclic) bond motifs is 1. The first-order chi connectivity index (χ1) is 14.1. The highest BCUT2D eigenvalue weighted by Crippen LogP contribution is 2.24. The molecule has 5 nitrogen and oxygen atoms in total. The van der Waals surface area contributed by atoms with Gasteiger partial charge in [-0.1, -0.05) is 35.9 Å². The number of para-hydroxylation sites is 3. The van der Waals surface area contributed by atoms with E-state index in [-0.39, 0.29) is 5.91 Å². The predicted octanol–water partition coefficient (Wildman–Crippen LogP) is 5.36. The molecule has 0 bridgehead atoms. The van der Waals surface area contributed by atoms with Gasteiger partial charge < -0.3 is 10.1 Å². The number of rotatable bonds is 5. The molecule has 0 radical (unpaired) electrons. The van der Waals surface area contributed by atoms with Crippen LogP contribution in [0, 0.1) is 0 Å². The van der Waals surface area contributed by atoms with E-state index in [0.29, 0.717) is 16.5 Å². The Morgan fingerprint density at radius 1 is 0.966 bits per heavy atom. The van der Waals surface area contributed by atoms with Crippen LogP contribution < -0.4 is 10.1 Å². The second-order valence-electron chi connectivity index (χ2n) is 6.50. The van der Waals surface area contributed by atoms with Crippen molar-refractivity contribution < 1.29 is 9.53 Å². The molecule has 0 aliphatic heterocycles. The van der Waals surface area contributed by atoms with Gasteiger partial charge in [-0.2, -0.15) is 0 Å². The summed E-state index contributed by atoms with van der Waals surface area (Å²) >= 11 is 6.08. The fourth-order valence-corrected chi connectivity index (χ4v) is 3.04. The Balaban J connectivity index is 1.44. The lowest BCUT2D eigenvalue weighted by molar-refractivity contribution is -0.122. The number of ether oxygens (including phenoxy) is 1. The van der Waals surface area contributed by atoms with Crippen LogP contribution in [-0.2, 0) is 4.79 Å². The molecule has 1 aromatic heterocycles. The first-order valence-corrected chi connectivity index (χ1v) is 9.52. The lowest BCUT2D eigenvalue weighted by atomic mass is 10.1. The molecule has 6 heteroatoms. The minimum Gasteiger partial charge on any atom is -0.481 e. The summed E-state index contributed by atoms with van der Waals surface area (Å²) in [7, 11) is 0. The average Bonchev–Trinajstić information content (AvgIpc) is 2.75. The van der Waals surface area contributed by atoms with Crippen LogP contribution in [0.25, 0.3) is 22.3 Å². The van der Waals surface area contributed by atoms with Crippen molar-refractivity contribution in [2.24, 2.45) is 0 Å². The molecule has 0 unspecified atom stereocenters. The van der Waals surface area contributed by atoms with Gasteiger partial charge >= 0.3 is 0 Å². The van der Waals surface area contributed by atoms with E-state index < -0.39 is 6.10 Å². The summed E-state index contributed by atoms with van der Waals surface area (Å²) < 4.78 is 5.76. The first kappa shape index (κ1) is 18.9. The number of hydrogen-bond donors (Lipinski definition) is 1. The van der Waals surface area contributed by atoms with Crippen LogP contribution in [0.2, 0.25) is 5.02 Å². The van der Waals surface area contributed by atoms with Gasteiger partial charge in [0, 0.05) is 5.56 Å². The van der Waals surface area contributed by atoms with Crippen molar-refractivity contribution in [2.45, 2.75) is 13.0 Å². The maximum atomic E-state index is 12.4. The molecule has 1 N–H and O–H groups in total. The van der Waals surface area contributed by atoms with Crippen LogP contribution in [0.4, 0.5) is 5.69 Å². The van der Waals surface area contributed by atoms with Gasteiger partial charge in [-0.05, 0) is 55.5 Å². The molecule has 4 rings (SSSR count). The SMILES string of the molecule is C[C@H](Oc1ccc(-c2cnc3ccccc3n2)cc1)C(=O)Nc1ccccc1Cl. The van der Waals surface area contributed by atoms with Gasteiger partial charge in [0.25, 0.3) is 5.91 Å². The Morgan fingerprint density at radius 2 is 1.66 bits per heavy atom. The Hall–Kier alpha value is -3.44. The van der Waals surface area contributed by atoms with Crippen molar-refractivity contribution in [3.05, 3.63) is 84.0 Å². The number of hydrogen-bond acceptors (Lipinski definition) is 4. The number of nitrogens with one attached hydrogen (secondary N) is 1. The Labute approximate surface area is 173 Å². The van der Waals surface area contributed by atoms with Crippen LogP contribution in [0.1, 0.15) is 6.92 Å². The Bertz CT molecular complexity index is 1160. The van der Waals surface area contributed by atoms with Gasteiger partial charge in [0.2, 0.25) is 0 Å². The highest BCUT2D eigenvalue weighted by Gasteiger charge is 2.16. The number of aromatic nitrogens is 2. The number of halogens is 1. The number of carbonyl (C=O) groups excluding carboxylic acids is 1. The van der Waals surface area contributed by atoms with E-state index >= 15 is 0 Å². The molecule has 1 atom stereocenters. The van der Waals surface area contributed by atoms with Crippen molar-refractivity contribution in [1.82, 2.24) is 9.97 Å². The summed E-state index contributed by atoms with van der Waals surface area (Å²) in [6.07, 6.45) is 1.07. The Morgan fingerprint density at radius 3 is 2.41 bits per heavy atom. The Kier molecular flexibility index (Phi) is 5.40. The quantitative estimate of drug-likeness (QED) is 0.487. The maximum Gasteiger partial charge on any atom is 0.265 e. The van der Waals surface area contributed by atoms with E-state index in [0.717, 1.165) is 22.3 Å². The van der Waals surface area contributed by atoms with Crippen LogP contribution >= 0.6 is 11.6 Å². The minimum atomic E-state index is -0.683. The highest BCUT2D eigenvalue weighted by atomic mass is 35.5. The molecule has 3 aromatic carbocycles. The van der Waals surface area contributed by atoms with Crippen LogP contribution in [0.5, 0.6) is 5.75 Å². The van der Waals surface area contributed by atoms with Gasteiger partial charge in [-0.25, -0.2) is 4.98 Å². The topological polar surface area (TPSA) is 64.1 Å². The molecule has 1 amide bonds. The molecule has 1 heterocycles. The van der Waals surface area contributed by atoms with E-state index in [1.165, 1.54) is 0 Å². The number of anilines is 1. The molecule has 0 saturated carbocycles. The normalized spacial score (nSPS) is 11.8. The zero-order chi connectivity index (χ0) is 20.2. The molecule has 0 spiro atoms. The summed E-state index contributed by atoms with van der Waals surface area (Å²) in [5.41, 5.74) is 3.95. The van der Waals surface area contributed by atoms with Crippen LogP contribution in [0.3, 0.4) is 0 Å². The summed E-state index contributed by atoms with van der Waals surface area (Å²) in [6, 6.07) is 22.2. The summed E-state index contributed by atoms with van der Waals surface area (Å²) in [5.74, 6) is 0.312. The van der Waals surface area contributed by atoms with Gasteiger partial charge in [0.15, 0.2) is 6.10 Å². The summed E-state index contributed by atoms with van der Waals surface area (Å²) in [5, 5.41) is 3.25. The zero-order valence-electron chi connectivity index (χ0n) is 15.7. The number of carbonyl (C=O) groups is 1. The van der Waals surface area contributed by atoms with Crippen molar-refractivity contribution in [1.29, 1.82) is 0 Å². The van der Waals surface area contributed by atoms with Crippen molar-refractivity contribution in [3.8, 4) is 17.0 Å². The largest absolute Gasteiger partial charge is 0.481 e. The third kappa shape index (κ3) is 4.36. The first-order valence-electron chi connectivity index (χ1n) is 9.14. The third-order valence-corrected chi connectivity index (χ3v) is 4.74. The molecule has 29 heavy (non-hydrogen) atoms. The standard InChI is InChI=1S/C23H18ClN3O2/c1-15(23(28)27-19-7-3-2-6-18(19)24)29-17-12-10-16(11-13-17)22-14-25-20-8-4-5-9-21(20)26-22/h2-15H,1H3,(H,27,28)/t15-/m0/s1. The number of benzene rings is 3. The van der Waals surface area contributed by atoms with Crippen molar-refractivity contribution in [2.75, 3.05) is 5.32 Å². The van der Waals surface area contributed by atoms with E-state index in [4.69, 9.17) is 16.3 Å². The molecule has 0 saturated heterocycles. The summed E-state index contributed by atoms with van der Waals surface area (Å²) in [4.78, 5) is 21.4. The average molecular weight is 404 g/mol. The van der Waals surface area contributed by atoms with Gasteiger partial charge in [0.1, 0.15) is 5.75 Å². The van der Waals surface area contributed by atoms with Gasteiger partial charge in [-0.3, -0.25) is 9.78 Å². The molecule has 0 aliphatic carbocycles. The van der Waals surface area contributed by atoms with Crippen molar-refractivity contribution in [3.63, 3.8) is 0 Å². The van der Waals surface area contributed by atoms with Crippen molar-refractivity contribution >= 4 is 34.2 Å². The lowest BCUT2D eigenvalue weighted by Crippen LogP contribution is -2.30. The highest BCUT2D eigenvalue weighted by molar-refractivity contribution is 6.33. The van der Waals surface area contributed by atoms with Crippen LogP contribution in [0.15, 0.2) is 79.0 Å². The third-order valence-electron chi connectivity index (χ3n) is 4.41. The zero-order valence-corrected chi connectivity index (χ0v) is 16.4. The summed E-state index contributed by atoms with van der Waals surface area (Å²) in [6.45, 7) is 1.69. The second-order valence-corrected chi connectivity index (χ2v) is 6.90. The van der Waals surface area contributed by atoms with Gasteiger partial charge in [0.05, 0.1) is 33.6 Å².